The van der Waals surface area contributed by atoms with Gasteiger partial charge in [-0.05, 0) is 6.07 Å². The van der Waals surface area contributed by atoms with E-state index in [9.17, 15) is 18.4 Å². The van der Waals surface area contributed by atoms with E-state index in [2.05, 4.69) is 5.32 Å². The van der Waals surface area contributed by atoms with Gasteiger partial charge in [-0.25, -0.2) is 18.4 Å². The van der Waals surface area contributed by atoms with E-state index in [1.165, 1.54) is 4.90 Å². The Labute approximate surface area is 117 Å². The number of aromatic carboxylic acids is 1. The number of nitrogens with zero attached hydrogens (tertiary/aromatic N) is 1. The van der Waals surface area contributed by atoms with Gasteiger partial charge in [-0.3, -0.25) is 0 Å². The number of thioether (sulfide) groups is 1. The summed E-state index contributed by atoms with van der Waals surface area (Å²) in [5, 5.41) is 11.3. The predicted octanol–water partition coefficient (Wildman–Crippen LogP) is 2.24. The normalized spacial score (nSPS) is 15.0. The minimum absolute atomic E-state index is 0.250. The maximum absolute atomic E-state index is 13.2. The fourth-order valence-corrected chi connectivity index (χ4v) is 2.69. The molecule has 20 heavy (non-hydrogen) atoms. The van der Waals surface area contributed by atoms with Crippen molar-refractivity contribution in [3.05, 3.63) is 29.3 Å². The minimum atomic E-state index is -1.44. The summed E-state index contributed by atoms with van der Waals surface area (Å²) in [6.45, 7) is 1.06. The lowest BCUT2D eigenvalue weighted by molar-refractivity contribution is 0.0697. The molecule has 0 spiro atoms. The van der Waals surface area contributed by atoms with Crippen LogP contribution in [0, 0.1) is 11.6 Å². The van der Waals surface area contributed by atoms with Crippen LogP contribution in [-0.4, -0.2) is 46.6 Å². The Balaban J connectivity index is 2.21. The van der Waals surface area contributed by atoms with Crippen LogP contribution in [-0.2, 0) is 0 Å². The highest BCUT2D eigenvalue weighted by Gasteiger charge is 2.21. The lowest BCUT2D eigenvalue weighted by atomic mass is 10.1. The fourth-order valence-electron chi connectivity index (χ4n) is 1.79. The number of benzene rings is 1. The van der Waals surface area contributed by atoms with Crippen molar-refractivity contribution in [2.45, 2.75) is 0 Å². The lowest BCUT2D eigenvalue weighted by Crippen LogP contribution is -2.40. The van der Waals surface area contributed by atoms with Gasteiger partial charge in [0.05, 0.1) is 11.3 Å². The van der Waals surface area contributed by atoms with E-state index in [4.69, 9.17) is 5.11 Å². The summed E-state index contributed by atoms with van der Waals surface area (Å²) in [5.74, 6) is -2.34. The van der Waals surface area contributed by atoms with E-state index in [0.717, 1.165) is 11.5 Å². The molecule has 1 saturated heterocycles. The van der Waals surface area contributed by atoms with Crippen LogP contribution in [0.4, 0.5) is 19.3 Å². The monoisotopic (exact) mass is 302 g/mol. The van der Waals surface area contributed by atoms with Crippen molar-refractivity contribution < 1.29 is 23.5 Å². The first-order chi connectivity index (χ1) is 9.49. The summed E-state index contributed by atoms with van der Waals surface area (Å²) >= 11 is 1.71. The van der Waals surface area contributed by atoms with Crippen LogP contribution in [0.3, 0.4) is 0 Å². The first-order valence-corrected chi connectivity index (χ1v) is 7.00. The second-order valence-corrected chi connectivity index (χ2v) is 5.37. The van der Waals surface area contributed by atoms with Crippen molar-refractivity contribution in [3.63, 3.8) is 0 Å². The molecule has 8 heteroatoms. The number of carboxylic acid groups (broad SMARTS) is 1. The quantitative estimate of drug-likeness (QED) is 0.879. The number of halogens is 2. The molecule has 1 aromatic carbocycles. The van der Waals surface area contributed by atoms with Crippen molar-refractivity contribution in [2.24, 2.45) is 0 Å². The van der Waals surface area contributed by atoms with Gasteiger partial charge in [0.15, 0.2) is 11.6 Å². The smallest absolute Gasteiger partial charge is 0.337 e. The molecule has 0 saturated carbocycles. The van der Waals surface area contributed by atoms with E-state index in [-0.39, 0.29) is 5.69 Å². The first-order valence-electron chi connectivity index (χ1n) is 5.85. The number of urea groups is 1. The molecule has 108 valence electrons. The van der Waals surface area contributed by atoms with Crippen LogP contribution in [0.5, 0.6) is 0 Å². The summed E-state index contributed by atoms with van der Waals surface area (Å²) in [6, 6.07) is 0.716. The summed E-state index contributed by atoms with van der Waals surface area (Å²) in [6.07, 6.45) is 0. The molecule has 1 heterocycles. The van der Waals surface area contributed by atoms with Gasteiger partial charge in [0.2, 0.25) is 0 Å². The van der Waals surface area contributed by atoms with Crippen molar-refractivity contribution in [1.29, 1.82) is 0 Å². The molecule has 1 aliphatic rings. The molecule has 1 fully saturated rings. The maximum Gasteiger partial charge on any atom is 0.337 e. The molecule has 0 radical (unpaired) electrons. The van der Waals surface area contributed by atoms with Crippen molar-refractivity contribution in [2.75, 3.05) is 29.9 Å². The number of hydrogen-bond donors (Lipinski definition) is 2. The molecule has 0 bridgehead atoms. The Morgan fingerprint density at radius 3 is 2.40 bits per heavy atom. The summed E-state index contributed by atoms with van der Waals surface area (Å²) in [7, 11) is 0. The third-order valence-corrected chi connectivity index (χ3v) is 3.77. The van der Waals surface area contributed by atoms with Gasteiger partial charge < -0.3 is 15.3 Å². The molecule has 0 unspecified atom stereocenters. The Hall–Kier alpha value is -1.83. The Morgan fingerprint density at radius 2 is 1.80 bits per heavy atom. The van der Waals surface area contributed by atoms with Crippen LogP contribution in [0.15, 0.2) is 12.1 Å². The molecule has 1 aliphatic heterocycles. The second kappa shape index (κ2) is 6.08. The largest absolute Gasteiger partial charge is 0.478 e. The van der Waals surface area contributed by atoms with Crippen LogP contribution in [0.25, 0.3) is 0 Å². The number of carbonyl (C=O) groups excluding carboxylic acids is 1. The topological polar surface area (TPSA) is 69.6 Å². The van der Waals surface area contributed by atoms with Crippen LogP contribution >= 0.6 is 11.8 Å². The molecule has 0 aromatic heterocycles. The number of carboxylic acids is 1. The second-order valence-electron chi connectivity index (χ2n) is 4.15. The Kier molecular flexibility index (Phi) is 4.43. The van der Waals surface area contributed by atoms with Crippen LogP contribution in [0.2, 0.25) is 0 Å². The molecular weight excluding hydrogens is 290 g/mol. The van der Waals surface area contributed by atoms with Gasteiger partial charge in [0.25, 0.3) is 0 Å². The molecular formula is C12H12F2N2O3S. The van der Waals surface area contributed by atoms with Gasteiger partial charge in [0.1, 0.15) is 0 Å². The van der Waals surface area contributed by atoms with Gasteiger partial charge in [0, 0.05) is 30.7 Å². The number of amides is 2. The zero-order valence-electron chi connectivity index (χ0n) is 10.4. The molecule has 0 aliphatic carbocycles. The Morgan fingerprint density at radius 1 is 1.20 bits per heavy atom. The lowest BCUT2D eigenvalue weighted by Gasteiger charge is -2.26. The highest BCUT2D eigenvalue weighted by Crippen LogP contribution is 2.21. The van der Waals surface area contributed by atoms with E-state index in [0.29, 0.717) is 25.2 Å². The van der Waals surface area contributed by atoms with Gasteiger partial charge in [-0.1, -0.05) is 0 Å². The highest BCUT2D eigenvalue weighted by atomic mass is 32.2. The van der Waals surface area contributed by atoms with E-state index < -0.39 is 29.2 Å². The first kappa shape index (κ1) is 14.6. The minimum Gasteiger partial charge on any atom is -0.478 e. The third kappa shape index (κ3) is 3.19. The number of hydrogen-bond acceptors (Lipinski definition) is 3. The number of anilines is 1. The zero-order valence-corrected chi connectivity index (χ0v) is 11.2. The predicted molar refractivity (Wildman–Crippen MR) is 71.2 cm³/mol. The summed E-state index contributed by atoms with van der Waals surface area (Å²) < 4.78 is 26.2. The SMILES string of the molecule is O=C(O)c1cc(F)c(F)cc1NC(=O)N1CCSCC1. The molecule has 2 rings (SSSR count). The fraction of sp³-hybridized carbons (Fsp3) is 0.333. The summed E-state index contributed by atoms with van der Waals surface area (Å²) in [4.78, 5) is 24.4. The van der Waals surface area contributed by atoms with Crippen molar-refractivity contribution in [1.82, 2.24) is 4.90 Å². The van der Waals surface area contributed by atoms with Crippen LogP contribution in [0.1, 0.15) is 10.4 Å². The summed E-state index contributed by atoms with van der Waals surface area (Å²) in [5.41, 5.74) is -0.733. The molecule has 0 atom stereocenters. The molecule has 2 N–H and O–H groups in total. The standard InChI is InChI=1S/C12H12F2N2O3S/c13-8-5-7(11(17)18)10(6-9(8)14)15-12(19)16-1-3-20-4-2-16/h5-6H,1-4H2,(H,15,19)(H,17,18). The average molecular weight is 302 g/mol. The maximum atomic E-state index is 13.2. The van der Waals surface area contributed by atoms with Gasteiger partial charge in [-0.2, -0.15) is 11.8 Å². The Bertz CT molecular complexity index is 548. The van der Waals surface area contributed by atoms with E-state index in [1.54, 1.807) is 11.8 Å². The third-order valence-electron chi connectivity index (χ3n) is 2.83. The van der Waals surface area contributed by atoms with Gasteiger partial charge >= 0.3 is 12.0 Å². The number of nitrogens with one attached hydrogen (secondary N) is 1. The van der Waals surface area contributed by atoms with E-state index in [1.807, 2.05) is 0 Å². The highest BCUT2D eigenvalue weighted by molar-refractivity contribution is 7.99. The van der Waals surface area contributed by atoms with Crippen molar-refractivity contribution >= 4 is 29.4 Å². The van der Waals surface area contributed by atoms with Crippen LogP contribution < -0.4 is 5.32 Å². The molecule has 1 aromatic rings. The molecule has 5 nitrogen and oxygen atoms in total. The van der Waals surface area contributed by atoms with E-state index >= 15 is 0 Å². The van der Waals surface area contributed by atoms with Gasteiger partial charge in [-0.15, -0.1) is 0 Å². The molecule has 2 amide bonds. The van der Waals surface area contributed by atoms with Crippen molar-refractivity contribution in [3.8, 4) is 0 Å². The zero-order chi connectivity index (χ0) is 14.7. The number of carbonyl (C=O) groups is 2. The average Bonchev–Trinajstić information content (AvgIpc) is 2.43. The number of rotatable bonds is 2.